The van der Waals surface area contributed by atoms with Crippen LogP contribution in [-0.4, -0.2) is 35.4 Å². The maximum atomic E-state index is 12.0. The van der Waals surface area contributed by atoms with Gasteiger partial charge in [-0.2, -0.15) is 0 Å². The van der Waals surface area contributed by atoms with Crippen molar-refractivity contribution in [3.05, 3.63) is 77.2 Å². The van der Waals surface area contributed by atoms with Gasteiger partial charge in [0.05, 0.1) is 0 Å². The van der Waals surface area contributed by atoms with Crippen LogP contribution in [0.3, 0.4) is 0 Å². The van der Waals surface area contributed by atoms with Gasteiger partial charge in [0, 0.05) is 25.3 Å². The lowest BCUT2D eigenvalue weighted by Gasteiger charge is -2.33. The summed E-state index contributed by atoms with van der Waals surface area (Å²) in [4.78, 5) is 18.2. The summed E-state index contributed by atoms with van der Waals surface area (Å²) in [6, 6.07) is 15.5. The van der Waals surface area contributed by atoms with E-state index in [2.05, 4.69) is 53.0 Å². The number of pyridine rings is 1. The third-order valence-corrected chi connectivity index (χ3v) is 5.11. The maximum absolute atomic E-state index is 12.0. The van der Waals surface area contributed by atoms with Gasteiger partial charge in [-0.3, -0.25) is 4.79 Å². The topological polar surface area (TPSA) is 45.2 Å². The molecule has 3 rings (SSSR count). The number of benzene rings is 1. The second-order valence-corrected chi connectivity index (χ2v) is 7.45. The summed E-state index contributed by atoms with van der Waals surface area (Å²) in [7, 11) is 0. The van der Waals surface area contributed by atoms with Gasteiger partial charge in [-0.1, -0.05) is 61.5 Å². The number of aromatic nitrogens is 1. The van der Waals surface area contributed by atoms with Crippen molar-refractivity contribution < 1.29 is 4.79 Å². The molecule has 1 fully saturated rings. The first-order valence-corrected chi connectivity index (χ1v) is 10.2. The SMILES string of the molecule is C=C(C)N1CCC(CNC(=O)c2cccc(Cl)n2)CC1.CCc1ccccc1. The van der Waals surface area contributed by atoms with Crippen LogP contribution in [0.1, 0.15) is 42.7 Å². The molecule has 1 aliphatic rings. The number of aryl methyl sites for hydroxylation is 1. The number of halogens is 1. The highest BCUT2D eigenvalue weighted by Crippen LogP contribution is 2.19. The number of carbonyl (C=O) groups excluding carboxylic acids is 1. The molecule has 0 aliphatic carbocycles. The lowest BCUT2D eigenvalue weighted by Crippen LogP contribution is -2.37. The standard InChI is InChI=1S/C15H20ClN3O.C8H10/c1-11(2)19-8-6-12(7-9-19)10-17-15(20)13-4-3-5-14(16)18-13;1-2-8-6-4-3-5-7-8/h3-5,12H,1,6-10H2,2H3,(H,17,20);3-7H,2H2,1H3. The number of carbonyl (C=O) groups is 1. The minimum atomic E-state index is -0.158. The number of piperidine rings is 1. The van der Waals surface area contributed by atoms with E-state index in [0.29, 0.717) is 23.3 Å². The third-order valence-electron chi connectivity index (χ3n) is 4.90. The van der Waals surface area contributed by atoms with E-state index in [0.717, 1.165) is 38.0 Å². The second kappa shape index (κ2) is 11.5. The molecule has 0 radical (unpaired) electrons. The Morgan fingerprint density at radius 3 is 2.39 bits per heavy atom. The average Bonchev–Trinajstić information content (AvgIpc) is 2.73. The highest BCUT2D eigenvalue weighted by atomic mass is 35.5. The van der Waals surface area contributed by atoms with Crippen LogP contribution in [0.4, 0.5) is 0 Å². The molecule has 1 saturated heterocycles. The predicted octanol–water partition coefficient (Wildman–Crippen LogP) is 4.96. The minimum absolute atomic E-state index is 0.158. The Morgan fingerprint density at radius 2 is 1.86 bits per heavy atom. The molecule has 0 atom stereocenters. The average molecular weight is 400 g/mol. The summed E-state index contributed by atoms with van der Waals surface area (Å²) in [5, 5.41) is 3.28. The summed E-state index contributed by atoms with van der Waals surface area (Å²) in [5.41, 5.74) is 2.90. The van der Waals surface area contributed by atoms with Gasteiger partial charge in [-0.25, -0.2) is 4.98 Å². The molecule has 150 valence electrons. The van der Waals surface area contributed by atoms with Gasteiger partial charge in [0.2, 0.25) is 0 Å². The molecular formula is C23H30ClN3O. The zero-order valence-electron chi connectivity index (χ0n) is 16.8. The molecule has 1 aromatic carbocycles. The van der Waals surface area contributed by atoms with E-state index in [1.54, 1.807) is 18.2 Å². The quantitative estimate of drug-likeness (QED) is 0.722. The monoisotopic (exact) mass is 399 g/mol. The van der Waals surface area contributed by atoms with Gasteiger partial charge in [0.15, 0.2) is 0 Å². The van der Waals surface area contributed by atoms with Crippen LogP contribution in [0.2, 0.25) is 5.15 Å². The Labute approximate surface area is 173 Å². The Kier molecular flexibility index (Phi) is 9.02. The fourth-order valence-electron chi connectivity index (χ4n) is 3.09. The van der Waals surface area contributed by atoms with Crippen LogP contribution in [0, 0.1) is 5.92 Å². The maximum Gasteiger partial charge on any atom is 0.269 e. The molecule has 0 saturated carbocycles. The van der Waals surface area contributed by atoms with Crippen LogP contribution in [0.5, 0.6) is 0 Å². The predicted molar refractivity (Wildman–Crippen MR) is 117 cm³/mol. The number of nitrogens with zero attached hydrogens (tertiary/aromatic N) is 2. The van der Waals surface area contributed by atoms with Crippen molar-refractivity contribution in [2.75, 3.05) is 19.6 Å². The summed E-state index contributed by atoms with van der Waals surface area (Å²) >= 11 is 5.78. The van der Waals surface area contributed by atoms with Crippen molar-refractivity contribution in [2.45, 2.75) is 33.1 Å². The number of allylic oxidation sites excluding steroid dienone is 1. The highest BCUT2D eigenvalue weighted by molar-refractivity contribution is 6.29. The van der Waals surface area contributed by atoms with Crippen molar-refractivity contribution in [3.8, 4) is 0 Å². The number of hydrogen-bond donors (Lipinski definition) is 1. The van der Waals surface area contributed by atoms with E-state index >= 15 is 0 Å². The molecule has 4 nitrogen and oxygen atoms in total. The Hall–Kier alpha value is -2.33. The van der Waals surface area contributed by atoms with Crippen molar-refractivity contribution in [3.63, 3.8) is 0 Å². The zero-order valence-corrected chi connectivity index (χ0v) is 17.6. The molecule has 1 aromatic heterocycles. The van der Waals surface area contributed by atoms with E-state index in [4.69, 9.17) is 11.6 Å². The normalized spacial score (nSPS) is 14.0. The second-order valence-electron chi connectivity index (χ2n) is 7.06. The fraction of sp³-hybridized carbons (Fsp3) is 0.391. The lowest BCUT2D eigenvalue weighted by atomic mass is 9.96. The Balaban J connectivity index is 0.000000292. The van der Waals surface area contributed by atoms with E-state index < -0.39 is 0 Å². The van der Waals surface area contributed by atoms with Crippen molar-refractivity contribution in [2.24, 2.45) is 5.92 Å². The molecule has 0 spiro atoms. The molecule has 5 heteroatoms. The first-order chi connectivity index (χ1) is 13.5. The van der Waals surface area contributed by atoms with Crippen LogP contribution < -0.4 is 5.32 Å². The van der Waals surface area contributed by atoms with Gasteiger partial charge in [0.1, 0.15) is 10.8 Å². The van der Waals surface area contributed by atoms with Crippen LogP contribution in [0.25, 0.3) is 0 Å². The summed E-state index contributed by atoms with van der Waals surface area (Å²) < 4.78 is 0. The van der Waals surface area contributed by atoms with Crippen molar-refractivity contribution >= 4 is 17.5 Å². The van der Waals surface area contributed by atoms with Crippen LogP contribution in [0.15, 0.2) is 60.8 Å². The molecular weight excluding hydrogens is 370 g/mol. The Bertz CT molecular complexity index is 755. The van der Waals surface area contributed by atoms with Crippen molar-refractivity contribution in [1.29, 1.82) is 0 Å². The van der Waals surface area contributed by atoms with E-state index in [-0.39, 0.29) is 5.91 Å². The van der Waals surface area contributed by atoms with E-state index in [1.165, 1.54) is 5.56 Å². The molecule has 1 N–H and O–H groups in total. The first kappa shape index (κ1) is 22.0. The lowest BCUT2D eigenvalue weighted by molar-refractivity contribution is 0.0934. The van der Waals surface area contributed by atoms with Crippen LogP contribution in [-0.2, 0) is 6.42 Å². The Morgan fingerprint density at radius 1 is 1.18 bits per heavy atom. The van der Waals surface area contributed by atoms with Gasteiger partial charge in [-0.05, 0) is 49.8 Å². The number of nitrogens with one attached hydrogen (secondary N) is 1. The van der Waals surface area contributed by atoms with Gasteiger partial charge in [-0.15, -0.1) is 0 Å². The van der Waals surface area contributed by atoms with E-state index in [9.17, 15) is 4.79 Å². The number of hydrogen-bond acceptors (Lipinski definition) is 3. The number of rotatable bonds is 5. The largest absolute Gasteiger partial charge is 0.376 e. The summed E-state index contributed by atoms with van der Waals surface area (Å²) in [6.45, 7) is 10.9. The zero-order chi connectivity index (χ0) is 20.4. The molecule has 2 heterocycles. The fourth-order valence-corrected chi connectivity index (χ4v) is 3.26. The summed E-state index contributed by atoms with van der Waals surface area (Å²) in [5.74, 6) is 0.364. The van der Waals surface area contributed by atoms with Gasteiger partial charge in [0.25, 0.3) is 5.91 Å². The smallest absolute Gasteiger partial charge is 0.269 e. The van der Waals surface area contributed by atoms with Gasteiger partial charge < -0.3 is 10.2 Å². The molecule has 1 amide bonds. The molecule has 1 aliphatic heterocycles. The molecule has 2 aromatic rings. The number of likely N-dealkylation sites (tertiary alicyclic amines) is 1. The molecule has 0 bridgehead atoms. The first-order valence-electron chi connectivity index (χ1n) is 9.84. The van der Waals surface area contributed by atoms with E-state index in [1.807, 2.05) is 13.0 Å². The molecule has 28 heavy (non-hydrogen) atoms. The van der Waals surface area contributed by atoms with Crippen molar-refractivity contribution in [1.82, 2.24) is 15.2 Å². The van der Waals surface area contributed by atoms with Crippen LogP contribution >= 0.6 is 11.6 Å². The summed E-state index contributed by atoms with van der Waals surface area (Å²) in [6.07, 6.45) is 3.30. The molecule has 0 unspecified atom stereocenters. The van der Waals surface area contributed by atoms with Gasteiger partial charge >= 0.3 is 0 Å². The highest BCUT2D eigenvalue weighted by Gasteiger charge is 2.19. The number of amides is 1. The third kappa shape index (κ3) is 7.35. The minimum Gasteiger partial charge on any atom is -0.376 e.